The van der Waals surface area contributed by atoms with Crippen LogP contribution in [0.2, 0.25) is 0 Å². The Morgan fingerprint density at radius 1 is 1.15 bits per heavy atom. The Labute approximate surface area is 159 Å². The molecular formula is C21H26N2O2S. The number of thioether (sulfide) groups is 1. The monoisotopic (exact) mass is 370 g/mol. The number of piperidine rings is 1. The summed E-state index contributed by atoms with van der Waals surface area (Å²) in [6.45, 7) is 5.55. The molecule has 0 saturated carbocycles. The second-order valence-electron chi connectivity index (χ2n) is 7.01. The summed E-state index contributed by atoms with van der Waals surface area (Å²) in [5, 5.41) is 11.8. The van der Waals surface area contributed by atoms with Crippen molar-refractivity contribution in [3.63, 3.8) is 0 Å². The molecule has 26 heavy (non-hydrogen) atoms. The molecule has 2 aromatic rings. The lowest BCUT2D eigenvalue weighted by Gasteiger charge is -2.34. The van der Waals surface area contributed by atoms with Gasteiger partial charge in [-0.05, 0) is 36.5 Å². The van der Waals surface area contributed by atoms with Crippen LogP contribution in [-0.2, 0) is 0 Å². The summed E-state index contributed by atoms with van der Waals surface area (Å²) in [7, 11) is 0. The number of aromatic nitrogens is 1. The fourth-order valence-electron chi connectivity index (χ4n) is 3.38. The highest BCUT2D eigenvalue weighted by molar-refractivity contribution is 7.99. The van der Waals surface area contributed by atoms with Crippen molar-refractivity contribution < 1.29 is 9.90 Å². The summed E-state index contributed by atoms with van der Waals surface area (Å²) in [4.78, 5) is 19.3. The first-order chi connectivity index (χ1) is 12.6. The minimum absolute atomic E-state index is 0.0499. The van der Waals surface area contributed by atoms with Gasteiger partial charge in [-0.2, -0.15) is 0 Å². The predicted molar refractivity (Wildman–Crippen MR) is 105 cm³/mol. The number of carbonyl (C=O) groups is 1. The molecule has 138 valence electrons. The molecule has 1 aromatic carbocycles. The standard InChI is InChI=1S/C21H26N2O2S/c1-15(2)26-20-18(9-6-12-22-20)21(25)23-13-10-17(11-14-23)19(24)16-7-4-3-5-8-16/h3-9,12,15,17,19,24H,10-11,13-14H2,1-2H3/t19-/m0/s1. The van der Waals surface area contributed by atoms with Gasteiger partial charge in [0.05, 0.1) is 11.7 Å². The first-order valence-electron chi connectivity index (χ1n) is 9.20. The quantitative estimate of drug-likeness (QED) is 0.803. The number of hydrogen-bond donors (Lipinski definition) is 1. The third-order valence-corrected chi connectivity index (χ3v) is 5.78. The van der Waals surface area contributed by atoms with E-state index >= 15 is 0 Å². The van der Waals surface area contributed by atoms with Crippen LogP contribution < -0.4 is 0 Å². The van der Waals surface area contributed by atoms with Gasteiger partial charge in [0.2, 0.25) is 0 Å². The van der Waals surface area contributed by atoms with E-state index < -0.39 is 6.10 Å². The van der Waals surface area contributed by atoms with Crippen LogP contribution in [0.1, 0.15) is 48.7 Å². The highest BCUT2D eigenvalue weighted by atomic mass is 32.2. The Bertz CT molecular complexity index is 728. The molecule has 1 atom stereocenters. The van der Waals surface area contributed by atoms with Crippen molar-refractivity contribution in [1.82, 2.24) is 9.88 Å². The van der Waals surface area contributed by atoms with Gasteiger partial charge in [0.25, 0.3) is 5.91 Å². The summed E-state index contributed by atoms with van der Waals surface area (Å²) < 4.78 is 0. The minimum Gasteiger partial charge on any atom is -0.388 e. The minimum atomic E-state index is -0.459. The zero-order valence-corrected chi connectivity index (χ0v) is 16.2. The third kappa shape index (κ3) is 4.46. The second-order valence-corrected chi connectivity index (χ2v) is 8.57. The predicted octanol–water partition coefficient (Wildman–Crippen LogP) is 4.17. The van der Waals surface area contributed by atoms with Crippen LogP contribution in [0, 0.1) is 5.92 Å². The highest BCUT2D eigenvalue weighted by Gasteiger charge is 2.29. The van der Waals surface area contributed by atoms with Crippen LogP contribution in [0.4, 0.5) is 0 Å². The van der Waals surface area contributed by atoms with Gasteiger partial charge in [-0.25, -0.2) is 4.98 Å². The largest absolute Gasteiger partial charge is 0.388 e. The Morgan fingerprint density at radius 3 is 2.50 bits per heavy atom. The van der Waals surface area contributed by atoms with E-state index in [1.54, 1.807) is 18.0 Å². The van der Waals surface area contributed by atoms with Crippen molar-refractivity contribution in [1.29, 1.82) is 0 Å². The molecule has 1 amide bonds. The average molecular weight is 371 g/mol. The summed E-state index contributed by atoms with van der Waals surface area (Å²) in [6, 6.07) is 13.5. The molecule has 0 unspecified atom stereocenters. The van der Waals surface area contributed by atoms with Crippen LogP contribution in [0.25, 0.3) is 0 Å². The van der Waals surface area contributed by atoms with Gasteiger partial charge >= 0.3 is 0 Å². The highest BCUT2D eigenvalue weighted by Crippen LogP contribution is 2.32. The van der Waals surface area contributed by atoms with Gasteiger partial charge in [0.1, 0.15) is 5.03 Å². The van der Waals surface area contributed by atoms with E-state index in [1.165, 1.54) is 0 Å². The molecule has 1 fully saturated rings. The fourth-order valence-corrected chi connectivity index (χ4v) is 4.23. The van der Waals surface area contributed by atoms with E-state index in [9.17, 15) is 9.90 Å². The van der Waals surface area contributed by atoms with Crippen LogP contribution >= 0.6 is 11.8 Å². The zero-order chi connectivity index (χ0) is 18.5. The van der Waals surface area contributed by atoms with Gasteiger partial charge < -0.3 is 10.0 Å². The zero-order valence-electron chi connectivity index (χ0n) is 15.3. The van der Waals surface area contributed by atoms with Gasteiger partial charge in [-0.15, -0.1) is 11.8 Å². The average Bonchev–Trinajstić information content (AvgIpc) is 2.68. The molecule has 1 aromatic heterocycles. The fraction of sp³-hybridized carbons (Fsp3) is 0.429. The van der Waals surface area contributed by atoms with E-state index in [1.807, 2.05) is 47.4 Å². The molecule has 0 radical (unpaired) electrons. The molecule has 1 aliphatic heterocycles. The lowest BCUT2D eigenvalue weighted by molar-refractivity contribution is 0.0459. The van der Waals surface area contributed by atoms with Crippen molar-refractivity contribution in [3.8, 4) is 0 Å². The van der Waals surface area contributed by atoms with Gasteiger partial charge in [0.15, 0.2) is 0 Å². The SMILES string of the molecule is CC(C)Sc1ncccc1C(=O)N1CCC([C@@H](O)c2ccccc2)CC1. The first kappa shape index (κ1) is 18.9. The molecule has 0 spiro atoms. The maximum absolute atomic E-state index is 13.0. The van der Waals surface area contributed by atoms with Crippen LogP contribution in [-0.4, -0.2) is 39.2 Å². The van der Waals surface area contributed by atoms with Crippen molar-refractivity contribution in [2.45, 2.75) is 43.1 Å². The van der Waals surface area contributed by atoms with E-state index in [-0.39, 0.29) is 11.8 Å². The lowest BCUT2D eigenvalue weighted by atomic mass is 9.87. The number of aliphatic hydroxyl groups excluding tert-OH is 1. The Balaban J connectivity index is 1.64. The number of carbonyl (C=O) groups excluding carboxylic acids is 1. The van der Waals surface area contributed by atoms with Crippen LogP contribution in [0.3, 0.4) is 0 Å². The number of aliphatic hydroxyl groups is 1. The number of hydrogen-bond acceptors (Lipinski definition) is 4. The molecule has 1 N–H and O–H groups in total. The molecular weight excluding hydrogens is 344 g/mol. The molecule has 1 aliphatic rings. The number of nitrogens with zero attached hydrogens (tertiary/aromatic N) is 2. The maximum Gasteiger partial charge on any atom is 0.256 e. The summed E-state index contributed by atoms with van der Waals surface area (Å²) >= 11 is 1.62. The Kier molecular flexibility index (Phi) is 6.33. The Hall–Kier alpha value is -1.85. The Morgan fingerprint density at radius 2 is 1.85 bits per heavy atom. The van der Waals surface area contributed by atoms with E-state index in [0.29, 0.717) is 23.9 Å². The van der Waals surface area contributed by atoms with Crippen molar-refractivity contribution in [2.24, 2.45) is 5.92 Å². The molecule has 1 saturated heterocycles. The number of likely N-dealkylation sites (tertiary alicyclic amines) is 1. The summed E-state index contributed by atoms with van der Waals surface area (Å²) in [5.41, 5.74) is 1.65. The van der Waals surface area contributed by atoms with Crippen molar-refractivity contribution >= 4 is 17.7 Å². The number of amides is 1. The van der Waals surface area contributed by atoms with Crippen molar-refractivity contribution in [3.05, 3.63) is 59.8 Å². The molecule has 2 heterocycles. The van der Waals surface area contributed by atoms with Gasteiger partial charge in [-0.3, -0.25) is 4.79 Å². The molecule has 3 rings (SSSR count). The first-order valence-corrected chi connectivity index (χ1v) is 10.1. The summed E-state index contributed by atoms with van der Waals surface area (Å²) in [5.74, 6) is 0.244. The molecule has 0 bridgehead atoms. The normalized spacial score (nSPS) is 16.7. The van der Waals surface area contributed by atoms with Gasteiger partial charge in [-0.1, -0.05) is 44.2 Å². The van der Waals surface area contributed by atoms with Crippen LogP contribution in [0.5, 0.6) is 0 Å². The third-order valence-electron chi connectivity index (χ3n) is 4.76. The molecule has 0 aliphatic carbocycles. The molecule has 4 nitrogen and oxygen atoms in total. The van der Waals surface area contributed by atoms with Crippen LogP contribution in [0.15, 0.2) is 53.7 Å². The van der Waals surface area contributed by atoms with Crippen molar-refractivity contribution in [2.75, 3.05) is 13.1 Å². The van der Waals surface area contributed by atoms with E-state index in [0.717, 1.165) is 23.4 Å². The topological polar surface area (TPSA) is 53.4 Å². The second kappa shape index (κ2) is 8.69. The van der Waals surface area contributed by atoms with E-state index in [2.05, 4.69) is 18.8 Å². The number of pyridine rings is 1. The lowest BCUT2D eigenvalue weighted by Crippen LogP contribution is -2.40. The number of rotatable bonds is 5. The smallest absolute Gasteiger partial charge is 0.256 e. The maximum atomic E-state index is 13.0. The van der Waals surface area contributed by atoms with E-state index in [4.69, 9.17) is 0 Å². The number of benzene rings is 1. The van der Waals surface area contributed by atoms with Gasteiger partial charge in [0, 0.05) is 24.5 Å². The summed E-state index contributed by atoms with van der Waals surface area (Å²) in [6.07, 6.45) is 2.91. The molecule has 5 heteroatoms.